The number of esters is 1. The maximum atomic E-state index is 12.4. The van der Waals surface area contributed by atoms with E-state index in [4.69, 9.17) is 4.74 Å². The normalized spacial score (nSPS) is 22.7. The lowest BCUT2D eigenvalue weighted by atomic mass is 10.0. The Labute approximate surface area is 114 Å². The van der Waals surface area contributed by atoms with Gasteiger partial charge in [0.2, 0.25) is 5.91 Å². The average Bonchev–Trinajstić information content (AvgIpc) is 3.08. The van der Waals surface area contributed by atoms with Gasteiger partial charge in [-0.2, -0.15) is 0 Å². The first-order valence-electron chi connectivity index (χ1n) is 7.23. The highest BCUT2D eigenvalue weighted by Gasteiger charge is 2.29. The Bertz CT molecular complexity index is 358. The highest BCUT2D eigenvalue weighted by atomic mass is 16.5. The van der Waals surface area contributed by atoms with Crippen LogP contribution >= 0.6 is 0 Å². The van der Waals surface area contributed by atoms with Gasteiger partial charge in [-0.05, 0) is 31.6 Å². The second kappa shape index (κ2) is 6.73. The standard InChI is InChI=1S/C15H23NO3/c1-19-15(18)11-16(13-8-4-5-9-13)14(17)10-12-6-2-3-7-12/h2,6,12-13H,3-5,7-11H2,1H3. The van der Waals surface area contributed by atoms with Crippen LogP contribution in [0.4, 0.5) is 0 Å². The molecule has 0 spiro atoms. The minimum Gasteiger partial charge on any atom is -0.468 e. The fraction of sp³-hybridized carbons (Fsp3) is 0.733. The van der Waals surface area contributed by atoms with Crippen molar-refractivity contribution >= 4 is 11.9 Å². The van der Waals surface area contributed by atoms with E-state index in [1.807, 2.05) is 0 Å². The number of carbonyl (C=O) groups is 2. The van der Waals surface area contributed by atoms with Crippen LogP contribution in [0.5, 0.6) is 0 Å². The number of nitrogens with zero attached hydrogens (tertiary/aromatic N) is 1. The Kier molecular flexibility index (Phi) is 5.00. The molecular formula is C15H23NO3. The summed E-state index contributed by atoms with van der Waals surface area (Å²) in [5.74, 6) is 0.144. The van der Waals surface area contributed by atoms with Crippen molar-refractivity contribution in [3.05, 3.63) is 12.2 Å². The van der Waals surface area contributed by atoms with Crippen molar-refractivity contribution < 1.29 is 14.3 Å². The number of ether oxygens (including phenoxy) is 1. The summed E-state index contributed by atoms with van der Waals surface area (Å²) in [7, 11) is 1.37. The largest absolute Gasteiger partial charge is 0.468 e. The average molecular weight is 265 g/mol. The summed E-state index contributed by atoms with van der Waals surface area (Å²) in [6, 6.07) is 0.233. The van der Waals surface area contributed by atoms with Crippen molar-refractivity contribution in [2.45, 2.75) is 51.0 Å². The molecule has 2 aliphatic rings. The van der Waals surface area contributed by atoms with E-state index in [-0.39, 0.29) is 24.5 Å². The van der Waals surface area contributed by atoms with Gasteiger partial charge in [0.05, 0.1) is 7.11 Å². The van der Waals surface area contributed by atoms with E-state index in [0.717, 1.165) is 38.5 Å². The molecule has 0 N–H and O–H groups in total. The predicted octanol–water partition coefficient (Wildman–Crippen LogP) is 2.29. The molecule has 0 aromatic carbocycles. The number of rotatable bonds is 5. The number of methoxy groups -OCH3 is 1. The van der Waals surface area contributed by atoms with E-state index in [1.165, 1.54) is 7.11 Å². The van der Waals surface area contributed by atoms with E-state index in [2.05, 4.69) is 12.2 Å². The van der Waals surface area contributed by atoms with Crippen LogP contribution in [0.2, 0.25) is 0 Å². The Morgan fingerprint density at radius 2 is 2.00 bits per heavy atom. The molecule has 0 aromatic rings. The van der Waals surface area contributed by atoms with Gasteiger partial charge < -0.3 is 9.64 Å². The summed E-state index contributed by atoms with van der Waals surface area (Å²) >= 11 is 0. The second-order valence-corrected chi connectivity index (χ2v) is 5.51. The lowest BCUT2D eigenvalue weighted by molar-refractivity contribution is -0.148. The quantitative estimate of drug-likeness (QED) is 0.566. The van der Waals surface area contributed by atoms with Crippen LogP contribution < -0.4 is 0 Å². The molecular weight excluding hydrogens is 242 g/mol. The first-order chi connectivity index (χ1) is 9.20. The first kappa shape index (κ1) is 14.1. The molecule has 4 heteroatoms. The molecule has 1 unspecified atom stereocenters. The molecule has 106 valence electrons. The summed E-state index contributed by atoms with van der Waals surface area (Å²) in [6.45, 7) is 0.108. The van der Waals surface area contributed by atoms with Gasteiger partial charge in [-0.25, -0.2) is 0 Å². The Hall–Kier alpha value is -1.32. The van der Waals surface area contributed by atoms with Crippen molar-refractivity contribution in [3.63, 3.8) is 0 Å². The van der Waals surface area contributed by atoms with E-state index in [0.29, 0.717) is 12.3 Å². The predicted molar refractivity (Wildman–Crippen MR) is 72.5 cm³/mol. The fourth-order valence-corrected chi connectivity index (χ4v) is 3.05. The number of carbonyl (C=O) groups excluding carboxylic acids is 2. The maximum absolute atomic E-state index is 12.4. The van der Waals surface area contributed by atoms with Crippen LogP contribution in [0.15, 0.2) is 12.2 Å². The molecule has 1 fully saturated rings. The summed E-state index contributed by atoms with van der Waals surface area (Å²) < 4.78 is 4.71. The molecule has 0 saturated heterocycles. The van der Waals surface area contributed by atoms with Gasteiger partial charge in [0.25, 0.3) is 0 Å². The highest BCUT2D eigenvalue weighted by molar-refractivity contribution is 5.82. The number of amides is 1. The maximum Gasteiger partial charge on any atom is 0.325 e. The molecule has 2 rings (SSSR count). The van der Waals surface area contributed by atoms with Crippen LogP contribution in [0.3, 0.4) is 0 Å². The Balaban J connectivity index is 1.96. The molecule has 4 nitrogen and oxygen atoms in total. The van der Waals surface area contributed by atoms with Gasteiger partial charge in [-0.3, -0.25) is 9.59 Å². The third-order valence-corrected chi connectivity index (χ3v) is 4.16. The van der Waals surface area contributed by atoms with E-state index in [1.54, 1.807) is 4.90 Å². The Morgan fingerprint density at radius 3 is 2.58 bits per heavy atom. The highest BCUT2D eigenvalue weighted by Crippen LogP contribution is 2.26. The number of hydrogen-bond donors (Lipinski definition) is 0. The zero-order valence-corrected chi connectivity index (χ0v) is 11.6. The van der Waals surface area contributed by atoms with Crippen LogP contribution in [0.25, 0.3) is 0 Å². The van der Waals surface area contributed by atoms with Gasteiger partial charge in [0.15, 0.2) is 0 Å². The zero-order chi connectivity index (χ0) is 13.7. The number of allylic oxidation sites excluding steroid dienone is 2. The van der Waals surface area contributed by atoms with Gasteiger partial charge >= 0.3 is 5.97 Å². The first-order valence-corrected chi connectivity index (χ1v) is 7.23. The lowest BCUT2D eigenvalue weighted by Gasteiger charge is -2.28. The molecule has 0 aromatic heterocycles. The minimum absolute atomic E-state index is 0.105. The summed E-state index contributed by atoms with van der Waals surface area (Å²) in [4.78, 5) is 25.7. The summed E-state index contributed by atoms with van der Waals surface area (Å²) in [5, 5.41) is 0. The summed E-state index contributed by atoms with van der Waals surface area (Å²) in [5.41, 5.74) is 0. The van der Waals surface area contributed by atoms with Crippen molar-refractivity contribution in [2.75, 3.05) is 13.7 Å². The fourth-order valence-electron chi connectivity index (χ4n) is 3.05. The van der Waals surface area contributed by atoms with Crippen LogP contribution in [-0.4, -0.2) is 36.5 Å². The van der Waals surface area contributed by atoms with Crippen LogP contribution in [0, 0.1) is 5.92 Å². The summed E-state index contributed by atoms with van der Waals surface area (Å²) in [6.07, 6.45) is 11.3. The molecule has 19 heavy (non-hydrogen) atoms. The van der Waals surface area contributed by atoms with Crippen LogP contribution in [0.1, 0.15) is 44.9 Å². The second-order valence-electron chi connectivity index (χ2n) is 5.51. The van der Waals surface area contributed by atoms with Crippen molar-refractivity contribution in [2.24, 2.45) is 5.92 Å². The topological polar surface area (TPSA) is 46.6 Å². The SMILES string of the molecule is COC(=O)CN(C(=O)CC1C=CCC1)C1CCCC1. The minimum atomic E-state index is -0.317. The van der Waals surface area contributed by atoms with Crippen LogP contribution in [-0.2, 0) is 14.3 Å². The monoisotopic (exact) mass is 265 g/mol. The van der Waals surface area contributed by atoms with E-state index < -0.39 is 0 Å². The van der Waals surface area contributed by atoms with Gasteiger partial charge in [0.1, 0.15) is 6.54 Å². The molecule has 0 radical (unpaired) electrons. The smallest absolute Gasteiger partial charge is 0.325 e. The van der Waals surface area contributed by atoms with E-state index in [9.17, 15) is 9.59 Å². The zero-order valence-electron chi connectivity index (χ0n) is 11.6. The molecule has 0 bridgehead atoms. The van der Waals surface area contributed by atoms with Crippen molar-refractivity contribution in [1.29, 1.82) is 0 Å². The molecule has 0 heterocycles. The third kappa shape index (κ3) is 3.82. The van der Waals surface area contributed by atoms with Crippen molar-refractivity contribution in [3.8, 4) is 0 Å². The molecule has 1 saturated carbocycles. The van der Waals surface area contributed by atoms with E-state index >= 15 is 0 Å². The molecule has 0 aliphatic heterocycles. The number of hydrogen-bond acceptors (Lipinski definition) is 3. The molecule has 2 aliphatic carbocycles. The van der Waals surface area contributed by atoms with Crippen molar-refractivity contribution in [1.82, 2.24) is 4.90 Å². The van der Waals surface area contributed by atoms with Gasteiger partial charge in [0, 0.05) is 12.5 Å². The lowest BCUT2D eigenvalue weighted by Crippen LogP contribution is -2.43. The van der Waals surface area contributed by atoms with Gasteiger partial charge in [-0.1, -0.05) is 25.0 Å². The molecule has 1 atom stereocenters. The Morgan fingerprint density at radius 1 is 1.26 bits per heavy atom. The van der Waals surface area contributed by atoms with Gasteiger partial charge in [-0.15, -0.1) is 0 Å². The third-order valence-electron chi connectivity index (χ3n) is 4.16. The molecule has 1 amide bonds.